The number of aliphatic carboxylic acids is 2. The van der Waals surface area contributed by atoms with Crippen LogP contribution in [0.1, 0.15) is 39.5 Å². The zero-order valence-electron chi connectivity index (χ0n) is 13.4. The maximum absolute atomic E-state index is 9.60. The summed E-state index contributed by atoms with van der Waals surface area (Å²) in [6.07, 6.45) is 4.40. The van der Waals surface area contributed by atoms with Gasteiger partial charge in [0.15, 0.2) is 0 Å². The normalized spacial score (nSPS) is 19.6. The van der Waals surface area contributed by atoms with Crippen molar-refractivity contribution in [3.8, 4) is 0 Å². The first-order valence-electron chi connectivity index (χ1n) is 7.14. The minimum atomic E-state index is -0.935. The first-order valence-corrected chi connectivity index (χ1v) is 7.14. The fourth-order valence-electron chi connectivity index (χ4n) is 1.60. The second kappa shape index (κ2) is 13.0. The van der Waals surface area contributed by atoms with Gasteiger partial charge in [-0.2, -0.15) is 0 Å². The number of carbonyl (C=O) groups is 2. The van der Waals surface area contributed by atoms with Crippen molar-refractivity contribution in [1.82, 2.24) is 0 Å². The molecule has 0 bridgehead atoms. The highest BCUT2D eigenvalue weighted by molar-refractivity contribution is 5.85. The number of rotatable bonds is 4. The Labute approximate surface area is 131 Å². The minimum Gasteiger partial charge on any atom is -0.478 e. The van der Waals surface area contributed by atoms with E-state index in [1.54, 1.807) is 0 Å². The monoisotopic (exact) mass is 316 g/mol. The Kier molecular flexibility index (Phi) is 13.4. The summed E-state index contributed by atoms with van der Waals surface area (Å²) < 4.78 is 0. The highest BCUT2D eigenvalue weighted by Gasteiger charge is 2.19. The van der Waals surface area contributed by atoms with E-state index in [9.17, 15) is 9.59 Å². The molecule has 4 N–H and O–H groups in total. The van der Waals surface area contributed by atoms with Crippen LogP contribution >= 0.6 is 0 Å². The molecule has 1 rings (SSSR count). The van der Waals surface area contributed by atoms with Crippen LogP contribution in [0.25, 0.3) is 0 Å². The largest absolute Gasteiger partial charge is 0.478 e. The van der Waals surface area contributed by atoms with E-state index in [0.717, 1.165) is 25.7 Å². The van der Waals surface area contributed by atoms with Crippen LogP contribution in [-0.2, 0) is 9.59 Å². The number of carboxylic acid groups (broad SMARTS) is 2. The zero-order valence-corrected chi connectivity index (χ0v) is 13.4. The van der Waals surface area contributed by atoms with E-state index < -0.39 is 11.9 Å². The Morgan fingerprint density at radius 3 is 1.09 bits per heavy atom. The molecule has 128 valence electrons. The molecule has 1 aliphatic carbocycles. The molecule has 0 saturated heterocycles. The van der Waals surface area contributed by atoms with Crippen LogP contribution in [0.2, 0.25) is 0 Å². The third-order valence-corrected chi connectivity index (χ3v) is 3.21. The quantitative estimate of drug-likeness (QED) is 0.590. The van der Waals surface area contributed by atoms with Gasteiger partial charge in [0.25, 0.3) is 0 Å². The Hall–Kier alpha value is -1.66. The smallest absolute Gasteiger partial charge is 0.330 e. The average Bonchev–Trinajstić information content (AvgIpc) is 2.48. The lowest BCUT2D eigenvalue weighted by Crippen LogP contribution is -2.19. The van der Waals surface area contributed by atoms with Crippen molar-refractivity contribution in [2.45, 2.75) is 39.5 Å². The van der Waals surface area contributed by atoms with Crippen molar-refractivity contribution in [2.75, 3.05) is 13.2 Å². The number of hydrogen-bond donors (Lipinski definition) is 4. The predicted octanol–water partition coefficient (Wildman–Crippen LogP) is 2.07. The topological polar surface area (TPSA) is 115 Å². The molecule has 0 aromatic rings. The molecule has 0 aliphatic heterocycles. The van der Waals surface area contributed by atoms with Gasteiger partial charge in [-0.3, -0.25) is 0 Å². The van der Waals surface area contributed by atoms with E-state index in [1.165, 1.54) is 13.8 Å². The van der Waals surface area contributed by atoms with Crippen molar-refractivity contribution >= 4 is 11.9 Å². The summed E-state index contributed by atoms with van der Waals surface area (Å²) in [5, 5.41) is 33.4. The van der Waals surface area contributed by atoms with Crippen molar-refractivity contribution in [2.24, 2.45) is 11.8 Å². The van der Waals surface area contributed by atoms with E-state index in [2.05, 4.69) is 13.2 Å². The summed E-state index contributed by atoms with van der Waals surface area (Å²) in [6, 6.07) is 0. The summed E-state index contributed by atoms with van der Waals surface area (Å²) in [7, 11) is 0. The lowest BCUT2D eigenvalue weighted by atomic mass is 9.83. The van der Waals surface area contributed by atoms with Crippen LogP contribution in [0, 0.1) is 11.8 Å². The molecule has 0 spiro atoms. The average molecular weight is 316 g/mol. The number of aliphatic hydroxyl groups is 2. The van der Waals surface area contributed by atoms with Gasteiger partial charge in [0, 0.05) is 24.4 Å². The second-order valence-corrected chi connectivity index (χ2v) is 5.42. The molecule has 0 aromatic carbocycles. The van der Waals surface area contributed by atoms with Crippen LogP contribution in [0.4, 0.5) is 0 Å². The molecule has 0 atom stereocenters. The Bertz CT molecular complexity index is 307. The van der Waals surface area contributed by atoms with E-state index in [1.807, 2.05) is 0 Å². The third kappa shape index (κ3) is 13.3. The van der Waals surface area contributed by atoms with Crippen LogP contribution in [-0.4, -0.2) is 45.6 Å². The lowest BCUT2D eigenvalue weighted by Gasteiger charge is -2.25. The van der Waals surface area contributed by atoms with Gasteiger partial charge in [-0.15, -0.1) is 0 Å². The Morgan fingerprint density at radius 1 is 0.818 bits per heavy atom. The van der Waals surface area contributed by atoms with Gasteiger partial charge in [-0.1, -0.05) is 13.2 Å². The molecule has 0 amide bonds. The van der Waals surface area contributed by atoms with E-state index in [4.69, 9.17) is 20.4 Å². The molecule has 22 heavy (non-hydrogen) atoms. The minimum absolute atomic E-state index is 0.176. The second-order valence-electron chi connectivity index (χ2n) is 5.42. The molecule has 1 aliphatic rings. The van der Waals surface area contributed by atoms with Crippen molar-refractivity contribution in [1.29, 1.82) is 0 Å². The summed E-state index contributed by atoms with van der Waals surface area (Å²) >= 11 is 0. The van der Waals surface area contributed by atoms with Gasteiger partial charge in [0.05, 0.1) is 0 Å². The summed E-state index contributed by atoms with van der Waals surface area (Å²) in [5.41, 5.74) is 0.352. The number of hydrogen-bond acceptors (Lipinski definition) is 4. The predicted molar refractivity (Wildman–Crippen MR) is 84.5 cm³/mol. The van der Waals surface area contributed by atoms with Gasteiger partial charge >= 0.3 is 11.9 Å². The SMILES string of the molecule is C=C(C)C(=O)O.C=C(C)C(=O)O.OCC1CCC(CO)CC1. The third-order valence-electron chi connectivity index (χ3n) is 3.21. The van der Waals surface area contributed by atoms with Crippen LogP contribution < -0.4 is 0 Å². The van der Waals surface area contributed by atoms with E-state index in [-0.39, 0.29) is 11.1 Å². The molecular weight excluding hydrogens is 288 g/mol. The fraction of sp³-hybridized carbons (Fsp3) is 0.625. The van der Waals surface area contributed by atoms with Gasteiger partial charge < -0.3 is 20.4 Å². The molecule has 6 heteroatoms. The molecule has 0 radical (unpaired) electrons. The highest BCUT2D eigenvalue weighted by Crippen LogP contribution is 2.27. The Balaban J connectivity index is 0. The number of carboxylic acids is 2. The molecule has 0 unspecified atom stereocenters. The molecule has 0 heterocycles. The van der Waals surface area contributed by atoms with E-state index >= 15 is 0 Å². The molecular formula is C16H28O6. The lowest BCUT2D eigenvalue weighted by molar-refractivity contribution is -0.133. The van der Waals surface area contributed by atoms with E-state index in [0.29, 0.717) is 25.0 Å². The summed E-state index contributed by atoms with van der Waals surface area (Å²) in [5.74, 6) is -0.837. The van der Waals surface area contributed by atoms with Crippen molar-refractivity contribution in [3.05, 3.63) is 24.3 Å². The van der Waals surface area contributed by atoms with Crippen molar-refractivity contribution in [3.63, 3.8) is 0 Å². The number of aliphatic hydroxyl groups excluding tert-OH is 2. The van der Waals surface area contributed by atoms with Gasteiger partial charge in [-0.25, -0.2) is 9.59 Å². The van der Waals surface area contributed by atoms with Crippen molar-refractivity contribution < 1.29 is 30.0 Å². The maximum atomic E-state index is 9.60. The zero-order chi connectivity index (χ0) is 17.7. The molecule has 0 aromatic heterocycles. The van der Waals surface area contributed by atoms with Gasteiger partial charge in [-0.05, 0) is 51.4 Å². The van der Waals surface area contributed by atoms with Crippen LogP contribution in [0.3, 0.4) is 0 Å². The fourth-order valence-corrected chi connectivity index (χ4v) is 1.60. The Morgan fingerprint density at radius 2 is 1.00 bits per heavy atom. The summed E-state index contributed by atoms with van der Waals surface area (Å²) in [6.45, 7) is 9.87. The highest BCUT2D eigenvalue weighted by atomic mass is 16.4. The molecule has 1 saturated carbocycles. The molecule has 1 fully saturated rings. The van der Waals surface area contributed by atoms with Gasteiger partial charge in [0.1, 0.15) is 0 Å². The van der Waals surface area contributed by atoms with Crippen LogP contribution in [0.15, 0.2) is 24.3 Å². The first kappa shape index (κ1) is 22.6. The van der Waals surface area contributed by atoms with Gasteiger partial charge in [0.2, 0.25) is 0 Å². The molecule has 6 nitrogen and oxygen atoms in total. The summed E-state index contributed by atoms with van der Waals surface area (Å²) in [4.78, 5) is 19.2. The first-order chi connectivity index (χ1) is 10.1. The van der Waals surface area contributed by atoms with Crippen LogP contribution in [0.5, 0.6) is 0 Å². The maximum Gasteiger partial charge on any atom is 0.330 e. The standard InChI is InChI=1S/C8H16O2.2C4H6O2/c9-5-7-1-2-8(6-10)4-3-7;2*1-3(2)4(5)6/h7-10H,1-6H2;2*1H2,2H3,(H,5,6).